The molecule has 1 amide bonds. The molecule has 1 N–H and O–H groups in total. The second-order valence-corrected chi connectivity index (χ2v) is 7.33. The summed E-state index contributed by atoms with van der Waals surface area (Å²) in [6, 6.07) is 16.3. The highest BCUT2D eigenvalue weighted by Crippen LogP contribution is 2.19. The van der Waals surface area contributed by atoms with E-state index in [1.807, 2.05) is 44.2 Å². The maximum absolute atomic E-state index is 12.5. The van der Waals surface area contributed by atoms with Crippen LogP contribution in [0.25, 0.3) is 5.69 Å². The first-order chi connectivity index (χ1) is 14.8. The lowest BCUT2D eigenvalue weighted by Gasteiger charge is -2.14. The predicted molar refractivity (Wildman–Crippen MR) is 117 cm³/mol. The highest BCUT2D eigenvalue weighted by atomic mass is 16.5. The maximum Gasteiger partial charge on any atom is 0.311 e. The Labute approximate surface area is 181 Å². The number of amides is 1. The molecule has 7 nitrogen and oxygen atoms in total. The molecular formula is C24H25N3O4. The van der Waals surface area contributed by atoms with Gasteiger partial charge in [0.2, 0.25) is 0 Å². The molecule has 0 unspecified atom stereocenters. The van der Waals surface area contributed by atoms with Crippen molar-refractivity contribution in [3.63, 3.8) is 0 Å². The zero-order valence-corrected chi connectivity index (χ0v) is 18.0. The van der Waals surface area contributed by atoms with Crippen molar-refractivity contribution in [3.05, 3.63) is 77.1 Å². The molecule has 0 aliphatic heterocycles. The van der Waals surface area contributed by atoms with Crippen LogP contribution in [0, 0.1) is 13.8 Å². The molecule has 0 saturated carbocycles. The monoisotopic (exact) mass is 419 g/mol. The van der Waals surface area contributed by atoms with E-state index in [1.54, 1.807) is 28.9 Å². The Bertz CT molecular complexity index is 1120. The highest BCUT2D eigenvalue weighted by molar-refractivity contribution is 5.98. The fraction of sp³-hybridized carbons (Fsp3) is 0.250. The van der Waals surface area contributed by atoms with Crippen LogP contribution in [0.4, 0.5) is 5.69 Å². The quantitative estimate of drug-likeness (QED) is 0.465. The molecule has 2 aromatic carbocycles. The zero-order valence-electron chi connectivity index (χ0n) is 18.0. The van der Waals surface area contributed by atoms with E-state index in [9.17, 15) is 14.4 Å². The van der Waals surface area contributed by atoms with E-state index in [4.69, 9.17) is 4.74 Å². The Balaban J connectivity index is 1.64. The molecule has 160 valence electrons. The summed E-state index contributed by atoms with van der Waals surface area (Å²) in [5.74, 6) is -1.08. The minimum Gasteiger partial charge on any atom is -0.452 e. The van der Waals surface area contributed by atoms with Gasteiger partial charge in [0.05, 0.1) is 17.8 Å². The standard InChI is InChI=1S/C24H25N3O4/c1-15-22(16(2)27(26-15)21-11-6-5-7-12-21)14-23(29)31-18(4)24(30)25-20-10-8-9-19(13-20)17(3)28/h5-13,18H,14H2,1-4H3,(H,25,30)/t18-/m1/s1. The zero-order chi connectivity index (χ0) is 22.5. The van der Waals surface area contributed by atoms with Crippen LogP contribution in [0.15, 0.2) is 54.6 Å². The number of hydrogen-bond donors (Lipinski definition) is 1. The number of anilines is 1. The molecule has 0 aliphatic rings. The molecule has 3 aromatic rings. The average Bonchev–Trinajstić information content (AvgIpc) is 3.02. The van der Waals surface area contributed by atoms with Crippen LogP contribution in [-0.4, -0.2) is 33.5 Å². The normalized spacial score (nSPS) is 11.6. The second-order valence-electron chi connectivity index (χ2n) is 7.33. The van der Waals surface area contributed by atoms with Gasteiger partial charge in [0.15, 0.2) is 11.9 Å². The van der Waals surface area contributed by atoms with Gasteiger partial charge in [0.1, 0.15) is 0 Å². The molecule has 3 rings (SSSR count). The topological polar surface area (TPSA) is 90.3 Å². The third-order valence-electron chi connectivity index (χ3n) is 4.98. The van der Waals surface area contributed by atoms with Crippen LogP contribution in [0.2, 0.25) is 0 Å². The van der Waals surface area contributed by atoms with Crippen LogP contribution < -0.4 is 5.32 Å². The lowest BCUT2D eigenvalue weighted by molar-refractivity contribution is -0.152. The number of carbonyl (C=O) groups is 3. The highest BCUT2D eigenvalue weighted by Gasteiger charge is 2.21. The minimum absolute atomic E-state index is 0.0158. The lowest BCUT2D eigenvalue weighted by Crippen LogP contribution is -2.30. The average molecular weight is 419 g/mol. The number of carbonyl (C=O) groups excluding carboxylic acids is 3. The largest absolute Gasteiger partial charge is 0.452 e. The summed E-state index contributed by atoms with van der Waals surface area (Å²) in [5.41, 5.74) is 4.22. The smallest absolute Gasteiger partial charge is 0.311 e. The number of para-hydroxylation sites is 1. The number of nitrogens with one attached hydrogen (secondary N) is 1. The van der Waals surface area contributed by atoms with Crippen LogP contribution in [0.5, 0.6) is 0 Å². The van der Waals surface area contributed by atoms with Crippen LogP contribution in [0.1, 0.15) is 41.2 Å². The van der Waals surface area contributed by atoms with Crippen molar-refractivity contribution in [3.8, 4) is 5.69 Å². The van der Waals surface area contributed by atoms with Crippen molar-refractivity contribution < 1.29 is 19.1 Å². The number of benzene rings is 2. The molecule has 0 bridgehead atoms. The van der Waals surface area contributed by atoms with Crippen LogP contribution in [-0.2, 0) is 20.7 Å². The third kappa shape index (κ3) is 5.25. The van der Waals surface area contributed by atoms with E-state index in [2.05, 4.69) is 10.4 Å². The summed E-state index contributed by atoms with van der Waals surface area (Å²) in [6.07, 6.45) is -0.972. The number of ether oxygens (including phenoxy) is 1. The summed E-state index contributed by atoms with van der Waals surface area (Å²) in [7, 11) is 0. The summed E-state index contributed by atoms with van der Waals surface area (Å²) in [4.78, 5) is 36.4. The van der Waals surface area contributed by atoms with Crippen LogP contribution >= 0.6 is 0 Å². The Kier molecular flexibility index (Phi) is 6.65. The van der Waals surface area contributed by atoms with Gasteiger partial charge in [0, 0.05) is 22.5 Å². The van der Waals surface area contributed by atoms with Crippen molar-refractivity contribution in [2.24, 2.45) is 0 Å². The molecule has 0 aliphatic carbocycles. The summed E-state index contributed by atoms with van der Waals surface area (Å²) in [6.45, 7) is 6.70. The third-order valence-corrected chi connectivity index (χ3v) is 4.98. The Hall–Kier alpha value is -3.74. The van der Waals surface area contributed by atoms with E-state index in [0.29, 0.717) is 11.3 Å². The fourth-order valence-electron chi connectivity index (χ4n) is 3.25. The molecule has 0 spiro atoms. The molecule has 0 radical (unpaired) electrons. The number of ketones is 1. The van der Waals surface area contributed by atoms with Gasteiger partial charge in [-0.05, 0) is 52.0 Å². The van der Waals surface area contributed by atoms with Gasteiger partial charge in [-0.3, -0.25) is 14.4 Å². The number of rotatable bonds is 7. The van der Waals surface area contributed by atoms with Crippen molar-refractivity contribution in [1.29, 1.82) is 0 Å². The van der Waals surface area contributed by atoms with Gasteiger partial charge in [-0.2, -0.15) is 5.10 Å². The first-order valence-corrected chi connectivity index (χ1v) is 9.98. The first-order valence-electron chi connectivity index (χ1n) is 9.98. The summed E-state index contributed by atoms with van der Waals surface area (Å²) < 4.78 is 7.12. The van der Waals surface area contributed by atoms with E-state index >= 15 is 0 Å². The van der Waals surface area contributed by atoms with Crippen molar-refractivity contribution >= 4 is 23.3 Å². The number of Topliss-reactive ketones (excluding diaryl/α,β-unsaturated/α-hetero) is 1. The van der Waals surface area contributed by atoms with Gasteiger partial charge < -0.3 is 10.1 Å². The van der Waals surface area contributed by atoms with Gasteiger partial charge in [-0.1, -0.05) is 30.3 Å². The molecule has 7 heteroatoms. The first kappa shape index (κ1) is 22.0. The molecule has 31 heavy (non-hydrogen) atoms. The van der Waals surface area contributed by atoms with Gasteiger partial charge in [-0.15, -0.1) is 0 Å². The molecule has 1 aromatic heterocycles. The number of aryl methyl sites for hydroxylation is 1. The maximum atomic E-state index is 12.5. The Morgan fingerprint density at radius 3 is 2.45 bits per heavy atom. The van der Waals surface area contributed by atoms with Gasteiger partial charge in [-0.25, -0.2) is 4.68 Å². The van der Waals surface area contributed by atoms with Gasteiger partial charge >= 0.3 is 5.97 Å². The lowest BCUT2D eigenvalue weighted by atomic mass is 10.1. The molecule has 0 saturated heterocycles. The van der Waals surface area contributed by atoms with Crippen molar-refractivity contribution in [1.82, 2.24) is 9.78 Å². The van der Waals surface area contributed by atoms with E-state index in [-0.39, 0.29) is 12.2 Å². The van der Waals surface area contributed by atoms with E-state index < -0.39 is 18.0 Å². The SMILES string of the molecule is CC(=O)c1cccc(NC(=O)[C@@H](C)OC(=O)Cc2c(C)nn(-c3ccccc3)c2C)c1. The molecule has 1 atom stereocenters. The molecule has 0 fully saturated rings. The van der Waals surface area contributed by atoms with E-state index in [0.717, 1.165) is 22.6 Å². The number of nitrogens with zero attached hydrogens (tertiary/aromatic N) is 2. The Morgan fingerprint density at radius 2 is 1.77 bits per heavy atom. The summed E-state index contributed by atoms with van der Waals surface area (Å²) >= 11 is 0. The minimum atomic E-state index is -0.988. The van der Waals surface area contributed by atoms with E-state index in [1.165, 1.54) is 13.8 Å². The van der Waals surface area contributed by atoms with Crippen molar-refractivity contribution in [2.45, 2.75) is 40.2 Å². The second kappa shape index (κ2) is 9.38. The summed E-state index contributed by atoms with van der Waals surface area (Å²) in [5, 5.41) is 7.20. The number of esters is 1. The van der Waals surface area contributed by atoms with Crippen LogP contribution in [0.3, 0.4) is 0 Å². The Morgan fingerprint density at radius 1 is 1.06 bits per heavy atom. The molecular weight excluding hydrogens is 394 g/mol. The number of aromatic nitrogens is 2. The van der Waals surface area contributed by atoms with Gasteiger partial charge in [0.25, 0.3) is 5.91 Å². The fourth-order valence-corrected chi connectivity index (χ4v) is 3.25. The number of hydrogen-bond acceptors (Lipinski definition) is 5. The predicted octanol–water partition coefficient (Wildman–Crippen LogP) is 3.80. The molecule has 1 heterocycles. The van der Waals surface area contributed by atoms with Crippen molar-refractivity contribution in [2.75, 3.05) is 5.32 Å².